The van der Waals surface area contributed by atoms with Gasteiger partial charge in [-0.2, -0.15) is 0 Å². The molecule has 0 atom stereocenters. The second-order valence-electron chi connectivity index (χ2n) is 6.32. The summed E-state index contributed by atoms with van der Waals surface area (Å²) in [4.78, 5) is 11.5. The molecular formula is C18H23N3O3. The van der Waals surface area contributed by atoms with E-state index in [0.717, 1.165) is 36.1 Å². The number of rotatable bonds is 8. The van der Waals surface area contributed by atoms with Crippen LogP contribution in [0.4, 0.5) is 0 Å². The van der Waals surface area contributed by atoms with Crippen molar-refractivity contribution in [1.82, 2.24) is 15.5 Å². The smallest absolute Gasteiger partial charge is 0.253 e. The van der Waals surface area contributed by atoms with Gasteiger partial charge in [0.05, 0.1) is 0 Å². The van der Waals surface area contributed by atoms with Gasteiger partial charge in [0.15, 0.2) is 6.61 Å². The van der Waals surface area contributed by atoms with Gasteiger partial charge in [0, 0.05) is 18.9 Å². The first-order chi connectivity index (χ1) is 11.6. The average molecular weight is 329 g/mol. The summed E-state index contributed by atoms with van der Waals surface area (Å²) >= 11 is 0. The Morgan fingerprint density at radius 2 is 2.08 bits per heavy atom. The van der Waals surface area contributed by atoms with E-state index in [0.29, 0.717) is 24.7 Å². The number of nitrogens with one attached hydrogen (secondary N) is 1. The number of carbonyl (C=O) groups is 1. The van der Waals surface area contributed by atoms with E-state index in [9.17, 15) is 4.79 Å². The molecule has 1 N–H and O–H groups in total. The van der Waals surface area contributed by atoms with E-state index in [4.69, 9.17) is 9.15 Å². The molecule has 0 aliphatic heterocycles. The molecule has 1 fully saturated rings. The monoisotopic (exact) mass is 329 g/mol. The summed E-state index contributed by atoms with van der Waals surface area (Å²) in [7, 11) is 0. The molecule has 128 valence electrons. The van der Waals surface area contributed by atoms with Crippen molar-refractivity contribution in [2.45, 2.75) is 46.1 Å². The molecule has 1 saturated carbocycles. The maximum atomic E-state index is 11.5. The van der Waals surface area contributed by atoms with Gasteiger partial charge in [-0.05, 0) is 50.3 Å². The Balaban J connectivity index is 1.41. The van der Waals surface area contributed by atoms with Crippen LogP contribution in [0.3, 0.4) is 0 Å². The maximum absolute atomic E-state index is 11.5. The molecule has 6 nitrogen and oxygen atoms in total. The van der Waals surface area contributed by atoms with Crippen molar-refractivity contribution in [3.05, 3.63) is 41.1 Å². The Kier molecular flexibility index (Phi) is 5.13. The van der Waals surface area contributed by atoms with Gasteiger partial charge in [-0.25, -0.2) is 0 Å². The third-order valence-electron chi connectivity index (χ3n) is 4.02. The molecule has 1 aromatic carbocycles. The van der Waals surface area contributed by atoms with Crippen molar-refractivity contribution in [1.29, 1.82) is 0 Å². The predicted octanol–water partition coefficient (Wildman–Crippen LogP) is 2.72. The largest absolute Gasteiger partial charge is 0.484 e. The highest BCUT2D eigenvalue weighted by molar-refractivity contribution is 5.80. The van der Waals surface area contributed by atoms with Crippen molar-refractivity contribution in [3.63, 3.8) is 0 Å². The molecule has 0 spiro atoms. The number of carbonyl (C=O) groups excluding carboxylic acids is 1. The van der Waals surface area contributed by atoms with E-state index in [-0.39, 0.29) is 18.4 Å². The average Bonchev–Trinajstić information content (AvgIpc) is 3.32. The maximum Gasteiger partial charge on any atom is 0.253 e. The summed E-state index contributed by atoms with van der Waals surface area (Å²) in [6, 6.07) is 6.07. The first-order valence-electron chi connectivity index (χ1n) is 8.41. The lowest BCUT2D eigenvalue weighted by atomic mass is 10.1. The van der Waals surface area contributed by atoms with Crippen LogP contribution in [0.25, 0.3) is 0 Å². The number of ether oxygens (including phenoxy) is 1. The molecule has 0 saturated heterocycles. The van der Waals surface area contributed by atoms with E-state index < -0.39 is 0 Å². The van der Waals surface area contributed by atoms with Crippen LogP contribution in [-0.4, -0.2) is 22.6 Å². The summed E-state index contributed by atoms with van der Waals surface area (Å²) in [5.74, 6) is 2.30. The van der Waals surface area contributed by atoms with Gasteiger partial charge in [-0.15, -0.1) is 10.2 Å². The molecule has 0 bridgehead atoms. The normalized spacial score (nSPS) is 13.8. The summed E-state index contributed by atoms with van der Waals surface area (Å²) in [6.45, 7) is 4.94. The van der Waals surface area contributed by atoms with Gasteiger partial charge < -0.3 is 14.5 Å². The summed E-state index contributed by atoms with van der Waals surface area (Å²) in [5, 5.41) is 11.0. The number of aromatic nitrogens is 2. The summed E-state index contributed by atoms with van der Waals surface area (Å²) < 4.78 is 11.3. The quantitative estimate of drug-likeness (QED) is 0.754. The SMILES string of the molecule is Cc1ccc(C)c(OCc2nnc(CCCNC(=O)C3CC3)o2)c1. The Hall–Kier alpha value is -2.37. The van der Waals surface area contributed by atoms with Crippen LogP contribution in [0.2, 0.25) is 0 Å². The highest BCUT2D eigenvalue weighted by Crippen LogP contribution is 2.28. The van der Waals surface area contributed by atoms with Crippen molar-refractivity contribution in [2.75, 3.05) is 6.54 Å². The van der Waals surface area contributed by atoms with Crippen molar-refractivity contribution < 1.29 is 13.9 Å². The number of nitrogens with zero attached hydrogens (tertiary/aromatic N) is 2. The minimum Gasteiger partial charge on any atom is -0.484 e. The van der Waals surface area contributed by atoms with Gasteiger partial charge in [-0.1, -0.05) is 12.1 Å². The lowest BCUT2D eigenvalue weighted by molar-refractivity contribution is -0.122. The van der Waals surface area contributed by atoms with Crippen molar-refractivity contribution in [2.24, 2.45) is 5.92 Å². The van der Waals surface area contributed by atoms with Gasteiger partial charge >= 0.3 is 0 Å². The molecule has 0 radical (unpaired) electrons. The molecule has 24 heavy (non-hydrogen) atoms. The minimum absolute atomic E-state index is 0.170. The van der Waals surface area contributed by atoms with Crippen LogP contribution in [0.5, 0.6) is 5.75 Å². The fourth-order valence-corrected chi connectivity index (χ4v) is 2.39. The Labute approximate surface area is 141 Å². The fourth-order valence-electron chi connectivity index (χ4n) is 2.39. The van der Waals surface area contributed by atoms with Gasteiger partial charge in [0.25, 0.3) is 5.89 Å². The molecule has 2 aromatic rings. The lowest BCUT2D eigenvalue weighted by Gasteiger charge is -2.07. The number of aryl methyl sites for hydroxylation is 3. The first kappa shape index (κ1) is 16.5. The third kappa shape index (κ3) is 4.57. The molecule has 1 aromatic heterocycles. The van der Waals surface area contributed by atoms with Crippen LogP contribution < -0.4 is 10.1 Å². The molecule has 1 heterocycles. The molecule has 1 aliphatic carbocycles. The standard InChI is InChI=1S/C18H23N3O3/c1-12-5-6-13(2)15(10-12)23-11-17-21-20-16(24-17)4-3-9-19-18(22)14-7-8-14/h5-6,10,14H,3-4,7-9,11H2,1-2H3,(H,19,22). The van der Waals surface area contributed by atoms with Crippen LogP contribution in [0, 0.1) is 19.8 Å². The molecule has 1 amide bonds. The fraction of sp³-hybridized carbons (Fsp3) is 0.500. The van der Waals surface area contributed by atoms with E-state index in [1.165, 1.54) is 0 Å². The number of amides is 1. The number of hydrogen-bond donors (Lipinski definition) is 1. The Bertz CT molecular complexity index is 707. The van der Waals surface area contributed by atoms with Crippen LogP contribution in [0.15, 0.2) is 22.6 Å². The van der Waals surface area contributed by atoms with Crippen molar-refractivity contribution in [3.8, 4) is 5.75 Å². The second-order valence-corrected chi connectivity index (χ2v) is 6.32. The van der Waals surface area contributed by atoms with E-state index in [1.807, 2.05) is 26.0 Å². The van der Waals surface area contributed by atoms with Crippen LogP contribution in [0.1, 0.15) is 42.2 Å². The topological polar surface area (TPSA) is 77.3 Å². The highest BCUT2D eigenvalue weighted by atomic mass is 16.5. The van der Waals surface area contributed by atoms with E-state index in [1.54, 1.807) is 0 Å². The number of benzene rings is 1. The Morgan fingerprint density at radius 1 is 1.29 bits per heavy atom. The van der Waals surface area contributed by atoms with Gasteiger partial charge in [-0.3, -0.25) is 4.79 Å². The zero-order chi connectivity index (χ0) is 16.9. The molecule has 3 rings (SSSR count). The second kappa shape index (κ2) is 7.47. The molecular weight excluding hydrogens is 306 g/mol. The van der Waals surface area contributed by atoms with Gasteiger partial charge in [0.2, 0.25) is 11.8 Å². The summed E-state index contributed by atoms with van der Waals surface area (Å²) in [6.07, 6.45) is 3.50. The zero-order valence-corrected chi connectivity index (χ0v) is 14.2. The minimum atomic E-state index is 0.170. The molecule has 6 heteroatoms. The zero-order valence-electron chi connectivity index (χ0n) is 14.2. The van der Waals surface area contributed by atoms with E-state index >= 15 is 0 Å². The lowest BCUT2D eigenvalue weighted by Crippen LogP contribution is -2.26. The highest BCUT2D eigenvalue weighted by Gasteiger charge is 2.28. The predicted molar refractivity (Wildman–Crippen MR) is 88.6 cm³/mol. The number of hydrogen-bond acceptors (Lipinski definition) is 5. The third-order valence-corrected chi connectivity index (χ3v) is 4.02. The van der Waals surface area contributed by atoms with Crippen LogP contribution >= 0.6 is 0 Å². The van der Waals surface area contributed by atoms with Crippen molar-refractivity contribution >= 4 is 5.91 Å². The van der Waals surface area contributed by atoms with Gasteiger partial charge in [0.1, 0.15) is 5.75 Å². The van der Waals surface area contributed by atoms with Crippen LogP contribution in [-0.2, 0) is 17.8 Å². The molecule has 1 aliphatic rings. The Morgan fingerprint density at radius 3 is 2.88 bits per heavy atom. The summed E-state index contributed by atoms with van der Waals surface area (Å²) in [5.41, 5.74) is 2.22. The molecule has 0 unspecified atom stereocenters. The first-order valence-corrected chi connectivity index (χ1v) is 8.41. The van der Waals surface area contributed by atoms with E-state index in [2.05, 4.69) is 21.6 Å².